The molecule has 0 saturated heterocycles. The third-order valence-electron chi connectivity index (χ3n) is 3.16. The van der Waals surface area contributed by atoms with Crippen molar-refractivity contribution in [2.45, 2.75) is 38.3 Å². The van der Waals surface area contributed by atoms with Crippen molar-refractivity contribution < 1.29 is 0 Å². The Bertz CT molecular complexity index is 600. The van der Waals surface area contributed by atoms with Crippen molar-refractivity contribution in [3.63, 3.8) is 0 Å². The van der Waals surface area contributed by atoms with Crippen LogP contribution in [0.4, 0.5) is 5.82 Å². The summed E-state index contributed by atoms with van der Waals surface area (Å²) in [7, 11) is 0. The smallest absolute Gasteiger partial charge is 0.252 e. The molecule has 1 atom stereocenters. The molecule has 2 N–H and O–H groups in total. The standard InChI is InChI=1S/C13H17N5O/c1-9(7-18-5-4-14-8-18)15-11-6-12(19)17-13(16-11)10-2-3-10/h4-6,8-10H,2-3,7H2,1H3,(H2,15,16,17,19). The maximum absolute atomic E-state index is 11.6. The minimum absolute atomic E-state index is 0.0887. The fourth-order valence-corrected chi connectivity index (χ4v) is 2.11. The summed E-state index contributed by atoms with van der Waals surface area (Å²) in [4.78, 5) is 22.9. The molecule has 0 aliphatic heterocycles. The van der Waals surface area contributed by atoms with Crippen LogP contribution < -0.4 is 10.9 Å². The summed E-state index contributed by atoms with van der Waals surface area (Å²) in [5, 5.41) is 3.26. The van der Waals surface area contributed by atoms with Crippen molar-refractivity contribution in [3.05, 3.63) is 41.0 Å². The number of hydrogen-bond acceptors (Lipinski definition) is 4. The molecule has 0 aromatic carbocycles. The van der Waals surface area contributed by atoms with E-state index in [4.69, 9.17) is 0 Å². The molecule has 1 unspecified atom stereocenters. The average Bonchev–Trinajstić information content (AvgIpc) is 3.08. The first-order valence-corrected chi connectivity index (χ1v) is 6.54. The van der Waals surface area contributed by atoms with Gasteiger partial charge < -0.3 is 14.9 Å². The van der Waals surface area contributed by atoms with E-state index in [0.717, 1.165) is 25.2 Å². The molecule has 1 aliphatic carbocycles. The summed E-state index contributed by atoms with van der Waals surface area (Å²) in [5.41, 5.74) is -0.0887. The summed E-state index contributed by atoms with van der Waals surface area (Å²) < 4.78 is 1.99. The van der Waals surface area contributed by atoms with Gasteiger partial charge in [0.15, 0.2) is 0 Å². The number of aromatic amines is 1. The van der Waals surface area contributed by atoms with Crippen molar-refractivity contribution >= 4 is 5.82 Å². The van der Waals surface area contributed by atoms with Crippen molar-refractivity contribution in [2.75, 3.05) is 5.32 Å². The minimum atomic E-state index is -0.0887. The monoisotopic (exact) mass is 259 g/mol. The number of nitrogens with one attached hydrogen (secondary N) is 2. The Morgan fingerprint density at radius 1 is 1.58 bits per heavy atom. The molecule has 6 nitrogen and oxygen atoms in total. The van der Waals surface area contributed by atoms with E-state index in [2.05, 4.69) is 27.2 Å². The number of anilines is 1. The number of hydrogen-bond donors (Lipinski definition) is 2. The summed E-state index contributed by atoms with van der Waals surface area (Å²) in [6.45, 7) is 2.84. The van der Waals surface area contributed by atoms with E-state index in [1.165, 1.54) is 6.07 Å². The molecule has 100 valence electrons. The van der Waals surface area contributed by atoms with E-state index in [0.29, 0.717) is 11.7 Å². The Morgan fingerprint density at radius 3 is 3.11 bits per heavy atom. The summed E-state index contributed by atoms with van der Waals surface area (Å²) in [6, 6.07) is 1.69. The van der Waals surface area contributed by atoms with Crippen LogP contribution in [-0.4, -0.2) is 25.6 Å². The second kappa shape index (κ2) is 4.87. The van der Waals surface area contributed by atoms with Gasteiger partial charge in [0, 0.05) is 37.0 Å². The Balaban J connectivity index is 1.70. The maximum atomic E-state index is 11.6. The molecule has 1 fully saturated rings. The van der Waals surface area contributed by atoms with Crippen LogP contribution in [0.5, 0.6) is 0 Å². The van der Waals surface area contributed by atoms with Crippen molar-refractivity contribution in [3.8, 4) is 0 Å². The lowest BCUT2D eigenvalue weighted by molar-refractivity contribution is 0.616. The van der Waals surface area contributed by atoms with Crippen LogP contribution in [0.1, 0.15) is 31.5 Å². The zero-order chi connectivity index (χ0) is 13.2. The quantitative estimate of drug-likeness (QED) is 0.849. The maximum Gasteiger partial charge on any atom is 0.252 e. The van der Waals surface area contributed by atoms with Crippen LogP contribution >= 0.6 is 0 Å². The van der Waals surface area contributed by atoms with Gasteiger partial charge in [-0.1, -0.05) is 0 Å². The molecule has 2 heterocycles. The van der Waals surface area contributed by atoms with Gasteiger partial charge in [-0.15, -0.1) is 0 Å². The Kier molecular flexibility index (Phi) is 3.06. The van der Waals surface area contributed by atoms with Crippen LogP contribution in [0, 0.1) is 0 Å². The highest BCUT2D eigenvalue weighted by Gasteiger charge is 2.26. The van der Waals surface area contributed by atoms with Crippen molar-refractivity contribution in [1.82, 2.24) is 19.5 Å². The van der Waals surface area contributed by atoms with E-state index in [1.54, 1.807) is 12.5 Å². The summed E-state index contributed by atoms with van der Waals surface area (Å²) in [6.07, 6.45) is 7.69. The van der Waals surface area contributed by atoms with Gasteiger partial charge in [0.1, 0.15) is 11.6 Å². The van der Waals surface area contributed by atoms with Gasteiger partial charge in [-0.3, -0.25) is 4.79 Å². The zero-order valence-corrected chi connectivity index (χ0v) is 10.8. The normalized spacial score (nSPS) is 16.3. The highest BCUT2D eigenvalue weighted by atomic mass is 16.1. The molecule has 0 spiro atoms. The molecule has 0 radical (unpaired) electrons. The van der Waals surface area contributed by atoms with E-state index in [-0.39, 0.29) is 11.6 Å². The number of H-pyrrole nitrogens is 1. The topological polar surface area (TPSA) is 75.6 Å². The van der Waals surface area contributed by atoms with Crippen molar-refractivity contribution in [2.24, 2.45) is 0 Å². The molecule has 3 rings (SSSR count). The predicted octanol–water partition coefficient (Wildman–Crippen LogP) is 1.34. The number of rotatable bonds is 5. The van der Waals surface area contributed by atoms with E-state index in [9.17, 15) is 4.79 Å². The zero-order valence-electron chi connectivity index (χ0n) is 10.8. The lowest BCUT2D eigenvalue weighted by atomic mass is 10.3. The summed E-state index contributed by atoms with van der Waals surface area (Å²) in [5.74, 6) is 1.90. The lowest BCUT2D eigenvalue weighted by Crippen LogP contribution is -2.23. The highest BCUT2D eigenvalue weighted by Crippen LogP contribution is 2.37. The first-order chi connectivity index (χ1) is 9.20. The molecular weight excluding hydrogens is 242 g/mol. The lowest BCUT2D eigenvalue weighted by Gasteiger charge is -2.15. The third kappa shape index (κ3) is 3.01. The first-order valence-electron chi connectivity index (χ1n) is 6.54. The van der Waals surface area contributed by atoms with Crippen LogP contribution in [0.25, 0.3) is 0 Å². The SMILES string of the molecule is CC(Cn1ccnc1)Nc1cc(=O)[nH]c(C2CC2)n1. The predicted molar refractivity (Wildman–Crippen MR) is 72.1 cm³/mol. The molecule has 6 heteroatoms. The van der Waals surface area contributed by atoms with Gasteiger partial charge in [-0.2, -0.15) is 0 Å². The number of aromatic nitrogens is 4. The van der Waals surface area contributed by atoms with Gasteiger partial charge >= 0.3 is 0 Å². The average molecular weight is 259 g/mol. The first kappa shape index (κ1) is 12.0. The fourth-order valence-electron chi connectivity index (χ4n) is 2.11. The molecule has 0 bridgehead atoms. The molecule has 19 heavy (non-hydrogen) atoms. The number of nitrogens with zero attached hydrogens (tertiary/aromatic N) is 3. The highest BCUT2D eigenvalue weighted by molar-refractivity contribution is 5.35. The molecule has 1 aliphatic rings. The second-order valence-electron chi connectivity index (χ2n) is 5.10. The molecule has 1 saturated carbocycles. The van der Waals surface area contributed by atoms with Crippen LogP contribution in [0.2, 0.25) is 0 Å². The van der Waals surface area contributed by atoms with Crippen LogP contribution in [-0.2, 0) is 6.54 Å². The van der Waals surface area contributed by atoms with Crippen LogP contribution in [0.3, 0.4) is 0 Å². The van der Waals surface area contributed by atoms with Gasteiger partial charge in [0.05, 0.1) is 6.33 Å². The molecule has 2 aromatic rings. The van der Waals surface area contributed by atoms with Crippen molar-refractivity contribution in [1.29, 1.82) is 0 Å². The Hall–Kier alpha value is -2.11. The van der Waals surface area contributed by atoms with E-state index in [1.807, 2.05) is 10.8 Å². The Labute approximate surface area is 110 Å². The van der Waals surface area contributed by atoms with E-state index < -0.39 is 0 Å². The Morgan fingerprint density at radius 2 is 2.42 bits per heavy atom. The van der Waals surface area contributed by atoms with E-state index >= 15 is 0 Å². The van der Waals surface area contributed by atoms with Gasteiger partial charge in [-0.05, 0) is 19.8 Å². The minimum Gasteiger partial charge on any atom is -0.366 e. The molecular formula is C13H17N5O. The third-order valence-corrected chi connectivity index (χ3v) is 3.16. The van der Waals surface area contributed by atoms with Crippen LogP contribution in [0.15, 0.2) is 29.6 Å². The summed E-state index contributed by atoms with van der Waals surface area (Å²) >= 11 is 0. The van der Waals surface area contributed by atoms with Gasteiger partial charge in [-0.25, -0.2) is 9.97 Å². The fraction of sp³-hybridized carbons (Fsp3) is 0.462. The molecule has 2 aromatic heterocycles. The van der Waals surface area contributed by atoms with Gasteiger partial charge in [0.25, 0.3) is 5.56 Å². The molecule has 0 amide bonds. The van der Waals surface area contributed by atoms with Gasteiger partial charge in [0.2, 0.25) is 0 Å². The number of imidazole rings is 1. The largest absolute Gasteiger partial charge is 0.366 e. The second-order valence-corrected chi connectivity index (χ2v) is 5.10.